The fourth-order valence-corrected chi connectivity index (χ4v) is 1.92. The van der Waals surface area contributed by atoms with E-state index in [0.29, 0.717) is 5.56 Å². The molecule has 0 bridgehead atoms. The minimum Gasteiger partial charge on any atom is -0.478 e. The average Bonchev–Trinajstić information content (AvgIpc) is 2.50. The normalized spacial score (nSPS) is 10.1. The molecule has 0 radical (unpaired) electrons. The van der Waals surface area contributed by atoms with Gasteiger partial charge in [0, 0.05) is 0 Å². The first kappa shape index (κ1) is 15.4. The van der Waals surface area contributed by atoms with Gasteiger partial charge in [-0.3, -0.25) is 0 Å². The number of aryl methyl sites for hydroxylation is 1. The summed E-state index contributed by atoms with van der Waals surface area (Å²) in [4.78, 5) is 34.7. The molecule has 0 unspecified atom stereocenters. The lowest BCUT2D eigenvalue weighted by Gasteiger charge is -2.07. The molecule has 2 aromatic rings. The fraction of sp³-hybridized carbons (Fsp3) is 0.118. The summed E-state index contributed by atoms with van der Waals surface area (Å²) in [5, 5.41) is 8.79. The van der Waals surface area contributed by atoms with Crippen LogP contribution in [-0.4, -0.2) is 23.0 Å². The Bertz CT molecular complexity index is 744. The van der Waals surface area contributed by atoms with Crippen LogP contribution >= 0.6 is 0 Å². The van der Waals surface area contributed by atoms with Crippen LogP contribution in [0.5, 0.6) is 0 Å². The molecule has 0 saturated heterocycles. The van der Waals surface area contributed by atoms with Crippen LogP contribution in [0, 0.1) is 13.8 Å². The van der Waals surface area contributed by atoms with Gasteiger partial charge in [-0.1, -0.05) is 12.1 Å². The molecule has 1 N–H and O–H groups in total. The van der Waals surface area contributed by atoms with Crippen molar-refractivity contribution in [2.45, 2.75) is 13.8 Å². The van der Waals surface area contributed by atoms with E-state index in [9.17, 15) is 14.4 Å². The van der Waals surface area contributed by atoms with Gasteiger partial charge in [0.25, 0.3) is 0 Å². The molecule has 0 atom stereocenters. The molecule has 0 aliphatic heterocycles. The predicted molar refractivity (Wildman–Crippen MR) is 79.1 cm³/mol. The highest BCUT2D eigenvalue weighted by molar-refractivity contribution is 6.03. The van der Waals surface area contributed by atoms with Gasteiger partial charge < -0.3 is 9.84 Å². The minimum absolute atomic E-state index is 0.0532. The van der Waals surface area contributed by atoms with Gasteiger partial charge in [-0.15, -0.1) is 0 Å². The van der Waals surface area contributed by atoms with Crippen LogP contribution in [0.1, 0.15) is 42.2 Å². The van der Waals surface area contributed by atoms with Crippen molar-refractivity contribution in [3.63, 3.8) is 0 Å². The number of benzene rings is 2. The van der Waals surface area contributed by atoms with Crippen LogP contribution in [-0.2, 0) is 4.74 Å². The molecule has 2 rings (SSSR count). The Labute approximate surface area is 127 Å². The fourth-order valence-electron chi connectivity index (χ4n) is 1.92. The standard InChI is InChI=1S/C17H14O5/c1-10-4-3-5-14(11(10)2)17(21)22-16(20)13-8-6-12(7-9-13)15(18)19/h3-9H,1-2H3,(H,18,19). The van der Waals surface area contributed by atoms with E-state index in [-0.39, 0.29) is 11.1 Å². The summed E-state index contributed by atoms with van der Waals surface area (Å²) in [7, 11) is 0. The zero-order valence-electron chi connectivity index (χ0n) is 12.1. The molecular weight excluding hydrogens is 284 g/mol. The Kier molecular flexibility index (Phi) is 4.36. The van der Waals surface area contributed by atoms with E-state index in [2.05, 4.69) is 0 Å². The van der Waals surface area contributed by atoms with Gasteiger partial charge >= 0.3 is 17.9 Å². The Hall–Kier alpha value is -2.95. The summed E-state index contributed by atoms with van der Waals surface area (Å²) in [5.74, 6) is -2.64. The summed E-state index contributed by atoms with van der Waals surface area (Å²) in [5.41, 5.74) is 2.17. The molecule has 0 heterocycles. The van der Waals surface area contributed by atoms with E-state index in [1.54, 1.807) is 19.1 Å². The maximum Gasteiger partial charge on any atom is 0.346 e. The van der Waals surface area contributed by atoms with Gasteiger partial charge in [0.1, 0.15) is 0 Å². The van der Waals surface area contributed by atoms with Crippen LogP contribution in [0.15, 0.2) is 42.5 Å². The van der Waals surface area contributed by atoms with Crippen molar-refractivity contribution >= 4 is 17.9 Å². The lowest BCUT2D eigenvalue weighted by atomic mass is 10.0. The number of carbonyl (C=O) groups excluding carboxylic acids is 2. The van der Waals surface area contributed by atoms with E-state index in [0.717, 1.165) is 11.1 Å². The summed E-state index contributed by atoms with van der Waals surface area (Å²) in [6.07, 6.45) is 0. The molecule has 22 heavy (non-hydrogen) atoms. The van der Waals surface area contributed by atoms with E-state index >= 15 is 0 Å². The molecule has 0 aliphatic carbocycles. The summed E-state index contributed by atoms with van der Waals surface area (Å²) < 4.78 is 4.83. The lowest BCUT2D eigenvalue weighted by Crippen LogP contribution is -2.14. The topological polar surface area (TPSA) is 80.7 Å². The van der Waals surface area contributed by atoms with Crippen molar-refractivity contribution in [3.05, 3.63) is 70.3 Å². The van der Waals surface area contributed by atoms with Crippen LogP contribution in [0.4, 0.5) is 0 Å². The van der Waals surface area contributed by atoms with Crippen molar-refractivity contribution in [3.8, 4) is 0 Å². The first-order valence-electron chi connectivity index (χ1n) is 6.56. The number of carboxylic acids is 1. The van der Waals surface area contributed by atoms with Gasteiger partial charge in [0.05, 0.1) is 16.7 Å². The Morgan fingerprint density at radius 2 is 1.45 bits per heavy atom. The van der Waals surface area contributed by atoms with Crippen LogP contribution in [0.2, 0.25) is 0 Å². The monoisotopic (exact) mass is 298 g/mol. The number of hydrogen-bond donors (Lipinski definition) is 1. The Morgan fingerprint density at radius 1 is 0.864 bits per heavy atom. The molecule has 0 spiro atoms. The number of aromatic carboxylic acids is 1. The average molecular weight is 298 g/mol. The molecule has 5 heteroatoms. The SMILES string of the molecule is Cc1cccc(C(=O)OC(=O)c2ccc(C(=O)O)cc2)c1C. The van der Waals surface area contributed by atoms with Gasteiger partial charge in [0.15, 0.2) is 0 Å². The third kappa shape index (κ3) is 3.20. The maximum atomic E-state index is 12.0. The molecule has 0 aromatic heterocycles. The van der Waals surface area contributed by atoms with Gasteiger partial charge in [0.2, 0.25) is 0 Å². The molecular formula is C17H14O5. The van der Waals surface area contributed by atoms with Crippen molar-refractivity contribution < 1.29 is 24.2 Å². The largest absolute Gasteiger partial charge is 0.478 e. The number of esters is 2. The van der Waals surface area contributed by atoms with Crippen LogP contribution in [0.25, 0.3) is 0 Å². The Morgan fingerprint density at radius 3 is 2.05 bits per heavy atom. The smallest absolute Gasteiger partial charge is 0.346 e. The number of carboxylic acid groups (broad SMARTS) is 1. The first-order chi connectivity index (χ1) is 10.4. The summed E-state index contributed by atoms with van der Waals surface area (Å²) >= 11 is 0. The molecule has 0 saturated carbocycles. The molecule has 0 fully saturated rings. The highest BCUT2D eigenvalue weighted by Gasteiger charge is 2.17. The lowest BCUT2D eigenvalue weighted by molar-refractivity contribution is 0.0396. The van der Waals surface area contributed by atoms with E-state index < -0.39 is 17.9 Å². The summed E-state index contributed by atoms with van der Waals surface area (Å²) in [6.45, 7) is 3.64. The second-order valence-electron chi connectivity index (χ2n) is 4.81. The summed E-state index contributed by atoms with van der Waals surface area (Å²) in [6, 6.07) is 10.3. The zero-order valence-corrected chi connectivity index (χ0v) is 12.1. The third-order valence-corrected chi connectivity index (χ3v) is 3.38. The number of hydrogen-bond acceptors (Lipinski definition) is 4. The Balaban J connectivity index is 2.16. The minimum atomic E-state index is -1.09. The molecule has 112 valence electrons. The zero-order chi connectivity index (χ0) is 16.3. The molecule has 5 nitrogen and oxygen atoms in total. The van der Waals surface area contributed by atoms with Crippen molar-refractivity contribution in [2.75, 3.05) is 0 Å². The highest BCUT2D eigenvalue weighted by Crippen LogP contribution is 2.15. The second-order valence-corrected chi connectivity index (χ2v) is 4.81. The van der Waals surface area contributed by atoms with Gasteiger partial charge in [-0.2, -0.15) is 0 Å². The molecule has 0 amide bonds. The van der Waals surface area contributed by atoms with Crippen LogP contribution in [0.3, 0.4) is 0 Å². The molecule has 0 aliphatic rings. The van der Waals surface area contributed by atoms with Crippen LogP contribution < -0.4 is 0 Å². The van der Waals surface area contributed by atoms with Crippen molar-refractivity contribution in [1.29, 1.82) is 0 Å². The first-order valence-corrected chi connectivity index (χ1v) is 6.56. The van der Waals surface area contributed by atoms with Gasteiger partial charge in [-0.25, -0.2) is 14.4 Å². The quantitative estimate of drug-likeness (QED) is 0.696. The number of rotatable bonds is 3. The van der Waals surface area contributed by atoms with Crippen molar-refractivity contribution in [2.24, 2.45) is 0 Å². The van der Waals surface area contributed by atoms with Gasteiger partial charge in [-0.05, 0) is 55.3 Å². The number of ether oxygens (including phenoxy) is 1. The number of carbonyl (C=O) groups is 3. The van der Waals surface area contributed by atoms with E-state index in [4.69, 9.17) is 9.84 Å². The van der Waals surface area contributed by atoms with E-state index in [1.807, 2.05) is 13.0 Å². The van der Waals surface area contributed by atoms with E-state index in [1.165, 1.54) is 24.3 Å². The molecule has 2 aromatic carbocycles. The van der Waals surface area contributed by atoms with Crippen molar-refractivity contribution in [1.82, 2.24) is 0 Å². The third-order valence-electron chi connectivity index (χ3n) is 3.38. The second kappa shape index (κ2) is 6.22. The predicted octanol–water partition coefficient (Wildman–Crippen LogP) is 3.00. The highest BCUT2D eigenvalue weighted by atomic mass is 16.6. The maximum absolute atomic E-state index is 12.0.